The predicted octanol–water partition coefficient (Wildman–Crippen LogP) is 2.50. The Labute approximate surface area is 194 Å². The smallest absolute Gasteiger partial charge is 0.253 e. The molecule has 2 fully saturated rings. The Hall–Kier alpha value is -3.19. The largest absolute Gasteiger partial charge is 0.378 e. The van der Waals surface area contributed by atoms with Gasteiger partial charge in [-0.15, -0.1) is 0 Å². The Kier molecular flexibility index (Phi) is 7.40. The molecule has 0 saturated carbocycles. The van der Waals surface area contributed by atoms with Crippen molar-refractivity contribution in [1.82, 2.24) is 15.1 Å². The summed E-state index contributed by atoms with van der Waals surface area (Å²) in [5.41, 5.74) is 2.27. The molecule has 2 aliphatic rings. The number of hydrogen-bond acceptors (Lipinski definition) is 4. The van der Waals surface area contributed by atoms with Gasteiger partial charge in [0.05, 0.1) is 13.2 Å². The molecule has 0 spiro atoms. The molecule has 174 valence electrons. The molecule has 0 bridgehead atoms. The minimum atomic E-state index is -0.618. The number of likely N-dealkylation sites (tertiary alicyclic amines) is 1. The number of ether oxygens (including phenoxy) is 1. The summed E-state index contributed by atoms with van der Waals surface area (Å²) >= 11 is 0. The highest BCUT2D eigenvalue weighted by atomic mass is 16.5. The van der Waals surface area contributed by atoms with Crippen LogP contribution in [0.3, 0.4) is 0 Å². The van der Waals surface area contributed by atoms with Gasteiger partial charge in [-0.05, 0) is 49.9 Å². The zero-order chi connectivity index (χ0) is 23.2. The molecular formula is C26H31N3O4. The van der Waals surface area contributed by atoms with Crippen LogP contribution in [0.15, 0.2) is 54.6 Å². The number of amides is 3. The van der Waals surface area contributed by atoms with Crippen LogP contribution in [0.25, 0.3) is 0 Å². The molecule has 7 heteroatoms. The van der Waals surface area contributed by atoms with E-state index in [2.05, 4.69) is 5.32 Å². The first-order valence-corrected chi connectivity index (χ1v) is 11.6. The molecule has 2 aliphatic heterocycles. The lowest BCUT2D eigenvalue weighted by atomic mass is 9.87. The third kappa shape index (κ3) is 5.60. The minimum absolute atomic E-state index is 0.0153. The van der Waals surface area contributed by atoms with Crippen molar-refractivity contribution >= 4 is 17.7 Å². The number of nitrogens with zero attached hydrogens (tertiary/aromatic N) is 2. The molecule has 0 radical (unpaired) electrons. The van der Waals surface area contributed by atoms with Gasteiger partial charge in [0, 0.05) is 37.3 Å². The zero-order valence-electron chi connectivity index (χ0n) is 19.0. The second kappa shape index (κ2) is 10.6. The number of carbonyl (C=O) groups is 3. The fourth-order valence-electron chi connectivity index (χ4n) is 4.57. The van der Waals surface area contributed by atoms with Gasteiger partial charge in [0.25, 0.3) is 11.8 Å². The quantitative estimate of drug-likeness (QED) is 0.761. The third-order valence-corrected chi connectivity index (χ3v) is 6.47. The topological polar surface area (TPSA) is 79.0 Å². The van der Waals surface area contributed by atoms with Crippen molar-refractivity contribution in [2.75, 3.05) is 39.4 Å². The summed E-state index contributed by atoms with van der Waals surface area (Å²) in [5.74, 6) is -0.331. The van der Waals surface area contributed by atoms with Gasteiger partial charge >= 0.3 is 0 Å². The van der Waals surface area contributed by atoms with E-state index in [4.69, 9.17) is 4.74 Å². The summed E-state index contributed by atoms with van der Waals surface area (Å²) in [7, 11) is 0. The van der Waals surface area contributed by atoms with Crippen LogP contribution in [0.4, 0.5) is 0 Å². The van der Waals surface area contributed by atoms with Gasteiger partial charge in [-0.3, -0.25) is 14.4 Å². The van der Waals surface area contributed by atoms with Gasteiger partial charge in [0.2, 0.25) is 5.91 Å². The fraction of sp³-hybridized carbons (Fsp3) is 0.423. The molecule has 0 aliphatic carbocycles. The summed E-state index contributed by atoms with van der Waals surface area (Å²) in [6, 6.07) is 16.0. The summed E-state index contributed by atoms with van der Waals surface area (Å²) in [6.07, 6.45) is 1.32. The number of piperidine rings is 1. The highest BCUT2D eigenvalue weighted by Crippen LogP contribution is 2.24. The van der Waals surface area contributed by atoms with E-state index in [1.165, 1.54) is 0 Å². The maximum Gasteiger partial charge on any atom is 0.253 e. The van der Waals surface area contributed by atoms with Gasteiger partial charge in [-0.25, -0.2) is 0 Å². The van der Waals surface area contributed by atoms with Crippen LogP contribution in [-0.4, -0.2) is 73.0 Å². The summed E-state index contributed by atoms with van der Waals surface area (Å²) in [5, 5.41) is 3.01. The monoisotopic (exact) mass is 449 g/mol. The lowest BCUT2D eigenvalue weighted by Gasteiger charge is -2.38. The predicted molar refractivity (Wildman–Crippen MR) is 125 cm³/mol. The summed E-state index contributed by atoms with van der Waals surface area (Å²) in [6.45, 7) is 5.17. The van der Waals surface area contributed by atoms with Crippen LogP contribution < -0.4 is 5.32 Å². The Balaban J connectivity index is 1.45. The van der Waals surface area contributed by atoms with Gasteiger partial charge in [0.15, 0.2) is 0 Å². The molecule has 7 nitrogen and oxygen atoms in total. The zero-order valence-corrected chi connectivity index (χ0v) is 19.0. The van der Waals surface area contributed by atoms with Crippen molar-refractivity contribution < 1.29 is 19.1 Å². The Morgan fingerprint density at radius 1 is 0.879 bits per heavy atom. The molecule has 0 aromatic heterocycles. The highest BCUT2D eigenvalue weighted by molar-refractivity contribution is 5.97. The van der Waals surface area contributed by atoms with Crippen LogP contribution in [0.1, 0.15) is 39.1 Å². The molecule has 2 aromatic rings. The van der Waals surface area contributed by atoms with Crippen LogP contribution in [-0.2, 0) is 9.53 Å². The normalized spacial score (nSPS) is 18.0. The van der Waals surface area contributed by atoms with E-state index >= 15 is 0 Å². The SMILES string of the molecule is Cc1cccc(C(=O)N2CCC(C(NC(=O)c3ccccc3)C(=O)N3CCOCC3)CC2)c1. The molecule has 4 rings (SSSR count). The number of nitrogens with one attached hydrogen (secondary N) is 1. The summed E-state index contributed by atoms with van der Waals surface area (Å²) < 4.78 is 5.39. The first-order chi connectivity index (χ1) is 16.0. The first-order valence-electron chi connectivity index (χ1n) is 11.6. The van der Waals surface area contributed by atoms with E-state index in [0.29, 0.717) is 63.4 Å². The lowest BCUT2D eigenvalue weighted by Crippen LogP contribution is -2.56. The van der Waals surface area contributed by atoms with Crippen molar-refractivity contribution in [3.63, 3.8) is 0 Å². The van der Waals surface area contributed by atoms with E-state index < -0.39 is 6.04 Å². The van der Waals surface area contributed by atoms with E-state index in [1.807, 2.05) is 54.3 Å². The fourth-order valence-corrected chi connectivity index (χ4v) is 4.57. The second-order valence-electron chi connectivity index (χ2n) is 8.75. The van der Waals surface area contributed by atoms with Crippen molar-refractivity contribution in [3.8, 4) is 0 Å². The van der Waals surface area contributed by atoms with E-state index in [-0.39, 0.29) is 23.6 Å². The molecular weight excluding hydrogens is 418 g/mol. The van der Waals surface area contributed by atoms with E-state index in [9.17, 15) is 14.4 Å². The Morgan fingerprint density at radius 3 is 2.21 bits per heavy atom. The van der Waals surface area contributed by atoms with Crippen molar-refractivity contribution in [2.45, 2.75) is 25.8 Å². The molecule has 2 aromatic carbocycles. The van der Waals surface area contributed by atoms with Crippen LogP contribution in [0.5, 0.6) is 0 Å². The van der Waals surface area contributed by atoms with Gasteiger partial charge < -0.3 is 19.9 Å². The van der Waals surface area contributed by atoms with Crippen molar-refractivity contribution in [1.29, 1.82) is 0 Å². The lowest BCUT2D eigenvalue weighted by molar-refractivity contribution is -0.139. The Bertz CT molecular complexity index is 980. The van der Waals surface area contributed by atoms with Crippen molar-refractivity contribution in [2.24, 2.45) is 5.92 Å². The number of aryl methyl sites for hydroxylation is 1. The minimum Gasteiger partial charge on any atom is -0.378 e. The third-order valence-electron chi connectivity index (χ3n) is 6.47. The number of carbonyl (C=O) groups excluding carboxylic acids is 3. The highest BCUT2D eigenvalue weighted by Gasteiger charge is 2.36. The van der Waals surface area contributed by atoms with Crippen molar-refractivity contribution in [3.05, 3.63) is 71.3 Å². The molecule has 1 N–H and O–H groups in total. The maximum atomic E-state index is 13.4. The number of benzene rings is 2. The Morgan fingerprint density at radius 2 is 1.55 bits per heavy atom. The van der Waals surface area contributed by atoms with Crippen LogP contribution in [0.2, 0.25) is 0 Å². The average Bonchev–Trinajstić information content (AvgIpc) is 2.87. The second-order valence-corrected chi connectivity index (χ2v) is 8.75. The number of rotatable bonds is 5. The van der Waals surface area contributed by atoms with E-state index in [1.54, 1.807) is 17.0 Å². The number of morpholine rings is 1. The maximum absolute atomic E-state index is 13.4. The molecule has 1 unspecified atom stereocenters. The van der Waals surface area contributed by atoms with Crippen LogP contribution >= 0.6 is 0 Å². The molecule has 33 heavy (non-hydrogen) atoms. The van der Waals surface area contributed by atoms with Gasteiger partial charge in [0.1, 0.15) is 6.04 Å². The standard InChI is InChI=1S/C26H31N3O4/c1-19-6-5-9-22(18-19)25(31)28-12-10-20(11-13-28)23(26(32)29-14-16-33-17-15-29)27-24(30)21-7-3-2-4-8-21/h2-9,18,20,23H,10-17H2,1H3,(H,27,30). The molecule has 2 heterocycles. The molecule has 3 amide bonds. The molecule has 2 saturated heterocycles. The van der Waals surface area contributed by atoms with Gasteiger partial charge in [-0.1, -0.05) is 35.9 Å². The summed E-state index contributed by atoms with van der Waals surface area (Å²) in [4.78, 5) is 42.9. The van der Waals surface area contributed by atoms with Gasteiger partial charge in [-0.2, -0.15) is 0 Å². The average molecular weight is 450 g/mol. The van der Waals surface area contributed by atoms with E-state index in [0.717, 1.165) is 5.56 Å². The van der Waals surface area contributed by atoms with Crippen LogP contribution in [0, 0.1) is 12.8 Å². The number of hydrogen-bond donors (Lipinski definition) is 1. The molecule has 1 atom stereocenters. The first kappa shape index (κ1) is 23.0.